The molecule has 0 aromatic heterocycles. The second-order valence-electron chi connectivity index (χ2n) is 6.12. The molecule has 0 bridgehead atoms. The number of anilines is 1. The van der Waals surface area contributed by atoms with Crippen molar-refractivity contribution in [2.45, 2.75) is 43.0 Å². The van der Waals surface area contributed by atoms with Crippen molar-refractivity contribution in [1.82, 2.24) is 10.6 Å². The number of thioether (sulfide) groups is 1. The average molecular weight is 349 g/mol. The Kier molecular flexibility index (Phi) is 5.50. The predicted octanol–water partition coefficient (Wildman–Crippen LogP) is 2.36. The van der Waals surface area contributed by atoms with Crippen molar-refractivity contribution in [3.8, 4) is 5.75 Å². The fraction of sp³-hybridized carbons (Fsp3) is 0.529. The molecule has 0 radical (unpaired) electrons. The van der Waals surface area contributed by atoms with E-state index in [2.05, 4.69) is 16.0 Å². The number of carbonyl (C=O) groups is 2. The van der Waals surface area contributed by atoms with Crippen molar-refractivity contribution in [2.75, 3.05) is 18.2 Å². The fourth-order valence-electron chi connectivity index (χ4n) is 3.23. The number of urea groups is 1. The van der Waals surface area contributed by atoms with Crippen molar-refractivity contribution in [2.24, 2.45) is 0 Å². The van der Waals surface area contributed by atoms with Gasteiger partial charge < -0.3 is 20.7 Å². The summed E-state index contributed by atoms with van der Waals surface area (Å²) in [6.45, 7) is 0. The van der Waals surface area contributed by atoms with Gasteiger partial charge in [0.05, 0.1) is 24.9 Å². The van der Waals surface area contributed by atoms with Crippen molar-refractivity contribution >= 4 is 29.4 Å². The summed E-state index contributed by atoms with van der Waals surface area (Å²) in [5.41, 5.74) is 0.707. The predicted molar refractivity (Wildman–Crippen MR) is 95.6 cm³/mol. The van der Waals surface area contributed by atoms with Crippen LogP contribution in [0.2, 0.25) is 0 Å². The Balaban J connectivity index is 1.37. The zero-order chi connectivity index (χ0) is 16.9. The van der Waals surface area contributed by atoms with E-state index in [1.165, 1.54) is 0 Å². The molecule has 7 heteroatoms. The quantitative estimate of drug-likeness (QED) is 0.521. The zero-order valence-corrected chi connectivity index (χ0v) is 14.5. The maximum Gasteiger partial charge on any atom is 0.315 e. The number of nitrogens with one attached hydrogen (secondary N) is 3. The van der Waals surface area contributed by atoms with Crippen LogP contribution < -0.4 is 20.7 Å². The standard InChI is InChI=1S/C17H23N3O3S/c1-23-13-7-3-2-6-11(13)18-15(21)9-5-4-8-14-16-12(10-24-14)19-17(22)20-16/h2-3,6-7,12,14,16H,4-5,8-10H2,1H3,(H,18,21)(H2,19,20,22)/t12-,14-,16-/m0/s1. The van der Waals surface area contributed by atoms with E-state index in [1.54, 1.807) is 7.11 Å². The fourth-order valence-corrected chi connectivity index (χ4v) is 4.78. The first-order valence-corrected chi connectivity index (χ1v) is 9.34. The van der Waals surface area contributed by atoms with Gasteiger partial charge in [-0.15, -0.1) is 0 Å². The van der Waals surface area contributed by atoms with E-state index in [1.807, 2.05) is 36.0 Å². The third-order valence-corrected chi connectivity index (χ3v) is 5.97. The number of benzene rings is 1. The number of methoxy groups -OCH3 is 1. The Bertz CT molecular complexity index is 610. The number of unbranched alkanes of at least 4 members (excludes halogenated alkanes) is 1. The number of ether oxygens (including phenoxy) is 1. The summed E-state index contributed by atoms with van der Waals surface area (Å²) >= 11 is 1.91. The van der Waals surface area contributed by atoms with Crippen molar-refractivity contribution in [3.63, 3.8) is 0 Å². The molecule has 3 atom stereocenters. The number of amides is 3. The smallest absolute Gasteiger partial charge is 0.315 e. The average Bonchev–Trinajstić information content (AvgIpc) is 3.11. The molecule has 2 fully saturated rings. The van der Waals surface area contributed by atoms with E-state index in [9.17, 15) is 9.59 Å². The Morgan fingerprint density at radius 1 is 1.33 bits per heavy atom. The van der Waals surface area contributed by atoms with Gasteiger partial charge in [-0.25, -0.2) is 4.79 Å². The molecule has 0 aliphatic carbocycles. The third kappa shape index (κ3) is 3.95. The van der Waals surface area contributed by atoms with Gasteiger partial charge in [-0.3, -0.25) is 4.79 Å². The van der Waals surface area contributed by atoms with Crippen molar-refractivity contribution in [1.29, 1.82) is 0 Å². The molecule has 3 rings (SSSR count). The van der Waals surface area contributed by atoms with Crippen LogP contribution in [0.3, 0.4) is 0 Å². The van der Waals surface area contributed by atoms with Crippen molar-refractivity contribution in [3.05, 3.63) is 24.3 Å². The van der Waals surface area contributed by atoms with E-state index in [0.717, 1.165) is 25.0 Å². The maximum atomic E-state index is 12.1. The third-order valence-electron chi connectivity index (χ3n) is 4.46. The molecule has 0 saturated carbocycles. The molecule has 6 nitrogen and oxygen atoms in total. The summed E-state index contributed by atoms with van der Waals surface area (Å²) in [6.07, 6.45) is 3.34. The number of hydrogen-bond acceptors (Lipinski definition) is 4. The highest BCUT2D eigenvalue weighted by Crippen LogP contribution is 2.33. The SMILES string of the molecule is COc1ccccc1NC(=O)CCCC[C@@H]1SC[C@@H]2NC(=O)N[C@@H]21. The molecule has 1 aromatic carbocycles. The summed E-state index contributed by atoms with van der Waals surface area (Å²) in [5, 5.41) is 9.29. The van der Waals surface area contributed by atoms with Crippen LogP contribution in [0.1, 0.15) is 25.7 Å². The van der Waals surface area contributed by atoms with Gasteiger partial charge >= 0.3 is 6.03 Å². The lowest BCUT2D eigenvalue weighted by Gasteiger charge is -2.16. The summed E-state index contributed by atoms with van der Waals surface area (Å²) in [7, 11) is 1.59. The molecular formula is C17H23N3O3S. The molecule has 130 valence electrons. The minimum absolute atomic E-state index is 0.00675. The van der Waals surface area contributed by atoms with Gasteiger partial charge in [0.2, 0.25) is 5.91 Å². The molecule has 0 spiro atoms. The van der Waals surface area contributed by atoms with Crippen LogP contribution in [0.25, 0.3) is 0 Å². The molecular weight excluding hydrogens is 326 g/mol. The summed E-state index contributed by atoms with van der Waals surface area (Å²) < 4.78 is 5.23. The minimum atomic E-state index is -0.0495. The van der Waals surface area contributed by atoms with Gasteiger partial charge in [0, 0.05) is 17.4 Å². The van der Waals surface area contributed by atoms with Gasteiger partial charge in [0.25, 0.3) is 0 Å². The van der Waals surface area contributed by atoms with Crippen LogP contribution in [0.5, 0.6) is 5.75 Å². The Labute approximate surface area is 146 Å². The highest BCUT2D eigenvalue weighted by Gasteiger charge is 2.42. The van der Waals surface area contributed by atoms with Crippen LogP contribution in [0.4, 0.5) is 10.5 Å². The molecule has 3 N–H and O–H groups in total. The summed E-state index contributed by atoms with van der Waals surface area (Å²) in [5.74, 6) is 1.65. The minimum Gasteiger partial charge on any atom is -0.495 e. The van der Waals surface area contributed by atoms with Crippen LogP contribution in [-0.2, 0) is 4.79 Å². The highest BCUT2D eigenvalue weighted by atomic mass is 32.2. The molecule has 2 aliphatic heterocycles. The topological polar surface area (TPSA) is 79.5 Å². The lowest BCUT2D eigenvalue weighted by Crippen LogP contribution is -2.36. The summed E-state index contributed by atoms with van der Waals surface area (Å²) in [6, 6.07) is 7.86. The van der Waals surface area contributed by atoms with Crippen LogP contribution in [0, 0.1) is 0 Å². The molecule has 2 saturated heterocycles. The summed E-state index contributed by atoms with van der Waals surface area (Å²) in [4.78, 5) is 23.4. The van der Waals surface area contributed by atoms with E-state index in [4.69, 9.17) is 4.74 Å². The lowest BCUT2D eigenvalue weighted by molar-refractivity contribution is -0.116. The molecule has 0 unspecified atom stereocenters. The number of hydrogen-bond donors (Lipinski definition) is 3. The molecule has 24 heavy (non-hydrogen) atoms. The first kappa shape index (κ1) is 17.0. The first-order valence-electron chi connectivity index (χ1n) is 8.29. The Morgan fingerprint density at radius 2 is 2.17 bits per heavy atom. The Morgan fingerprint density at radius 3 is 3.00 bits per heavy atom. The molecule has 2 aliphatic rings. The van der Waals surface area contributed by atoms with Gasteiger partial charge in [0.1, 0.15) is 5.75 Å². The van der Waals surface area contributed by atoms with Crippen LogP contribution in [0.15, 0.2) is 24.3 Å². The number of fused-ring (bicyclic) bond motifs is 1. The molecule has 1 aromatic rings. The van der Waals surface area contributed by atoms with Gasteiger partial charge in [0.15, 0.2) is 0 Å². The van der Waals surface area contributed by atoms with Crippen LogP contribution in [-0.4, -0.2) is 42.1 Å². The molecule has 2 heterocycles. The highest BCUT2D eigenvalue weighted by molar-refractivity contribution is 8.00. The van der Waals surface area contributed by atoms with Gasteiger partial charge in [-0.1, -0.05) is 18.6 Å². The largest absolute Gasteiger partial charge is 0.495 e. The second kappa shape index (κ2) is 7.79. The van der Waals surface area contributed by atoms with E-state index >= 15 is 0 Å². The normalized spacial score (nSPS) is 24.9. The monoisotopic (exact) mass is 349 g/mol. The van der Waals surface area contributed by atoms with E-state index < -0.39 is 0 Å². The van der Waals surface area contributed by atoms with E-state index in [0.29, 0.717) is 23.1 Å². The lowest BCUT2D eigenvalue weighted by atomic mass is 10.0. The first-order chi connectivity index (χ1) is 11.7. The second-order valence-corrected chi connectivity index (χ2v) is 7.39. The Hall–Kier alpha value is -1.89. The number of para-hydroxylation sites is 2. The maximum absolute atomic E-state index is 12.1. The van der Waals surface area contributed by atoms with Gasteiger partial charge in [-0.05, 0) is 25.0 Å². The number of carbonyl (C=O) groups excluding carboxylic acids is 2. The van der Waals surface area contributed by atoms with E-state index in [-0.39, 0.29) is 24.0 Å². The number of rotatable bonds is 7. The molecule has 3 amide bonds. The van der Waals surface area contributed by atoms with Crippen molar-refractivity contribution < 1.29 is 14.3 Å². The van der Waals surface area contributed by atoms with Gasteiger partial charge in [-0.2, -0.15) is 11.8 Å². The van der Waals surface area contributed by atoms with Crippen LogP contribution >= 0.6 is 11.8 Å². The zero-order valence-electron chi connectivity index (χ0n) is 13.7.